The number of hydrogen-bond donors (Lipinski definition) is 1. The summed E-state index contributed by atoms with van der Waals surface area (Å²) in [6.45, 7) is 8.50. The molecule has 0 radical (unpaired) electrons. The highest BCUT2D eigenvalue weighted by atomic mass is 16.5. The summed E-state index contributed by atoms with van der Waals surface area (Å²) >= 11 is 0. The van der Waals surface area contributed by atoms with Gasteiger partial charge in [-0.3, -0.25) is 0 Å². The van der Waals surface area contributed by atoms with Crippen LogP contribution in [0.5, 0.6) is 11.5 Å². The Kier molecular flexibility index (Phi) is 3.35. The summed E-state index contributed by atoms with van der Waals surface area (Å²) in [5, 5.41) is 10.5. The van der Waals surface area contributed by atoms with Crippen LogP contribution in [-0.2, 0) is 0 Å². The van der Waals surface area contributed by atoms with E-state index in [2.05, 4.69) is 26.8 Å². The lowest BCUT2D eigenvalue weighted by Crippen LogP contribution is -2.45. The molecule has 0 bridgehead atoms. The number of phenols is 1. The van der Waals surface area contributed by atoms with Gasteiger partial charge in [0.05, 0.1) is 0 Å². The molecule has 2 unspecified atom stereocenters. The second kappa shape index (κ2) is 4.94. The van der Waals surface area contributed by atoms with Crippen LogP contribution in [0, 0.1) is 5.92 Å². The first-order valence-corrected chi connectivity index (χ1v) is 7.78. The van der Waals surface area contributed by atoms with Crippen molar-refractivity contribution >= 4 is 6.08 Å². The smallest absolute Gasteiger partial charge is 0.128 e. The Bertz CT molecular complexity index is 623. The standard InChI is InChI=1S/C19H24O2/c1-5-6-13-10-16(20)18-14-9-12(2)7-8-15(14)19(3,4)21-17(18)11-13/h5-6,9-11,14-15,20H,7-8H2,1-4H3/b6-5+. The SMILES string of the molecule is C/C=C/c1cc(O)c2c(c1)OC(C)(C)C1CCC(C)=CC21. The Morgan fingerprint density at radius 3 is 2.81 bits per heavy atom. The van der Waals surface area contributed by atoms with Gasteiger partial charge in [-0.05, 0) is 58.2 Å². The van der Waals surface area contributed by atoms with Crippen molar-refractivity contribution in [2.75, 3.05) is 0 Å². The van der Waals surface area contributed by atoms with E-state index < -0.39 is 0 Å². The highest BCUT2D eigenvalue weighted by Gasteiger charge is 2.45. The Balaban J connectivity index is 2.18. The molecule has 0 saturated heterocycles. The molecular formula is C19H24O2. The van der Waals surface area contributed by atoms with Crippen LogP contribution in [0.15, 0.2) is 29.9 Å². The molecule has 1 heterocycles. The first-order chi connectivity index (χ1) is 9.92. The van der Waals surface area contributed by atoms with Crippen molar-refractivity contribution in [3.05, 3.63) is 41.0 Å². The van der Waals surface area contributed by atoms with E-state index in [1.165, 1.54) is 5.57 Å². The summed E-state index contributed by atoms with van der Waals surface area (Å²) in [5.41, 5.74) is 3.17. The number of allylic oxidation sites excluding steroid dienone is 3. The quantitative estimate of drug-likeness (QED) is 0.732. The predicted molar refractivity (Wildman–Crippen MR) is 86.7 cm³/mol. The lowest BCUT2D eigenvalue weighted by atomic mass is 9.68. The van der Waals surface area contributed by atoms with Crippen molar-refractivity contribution in [2.24, 2.45) is 5.92 Å². The number of rotatable bonds is 1. The Labute approximate surface area is 127 Å². The van der Waals surface area contributed by atoms with Gasteiger partial charge in [-0.1, -0.05) is 23.8 Å². The van der Waals surface area contributed by atoms with Crippen molar-refractivity contribution in [1.82, 2.24) is 0 Å². The van der Waals surface area contributed by atoms with Crippen LogP contribution in [0.25, 0.3) is 6.08 Å². The second-order valence-corrected chi connectivity index (χ2v) is 6.84. The van der Waals surface area contributed by atoms with Crippen LogP contribution in [0.4, 0.5) is 0 Å². The van der Waals surface area contributed by atoms with E-state index in [1.807, 2.05) is 31.2 Å². The van der Waals surface area contributed by atoms with Crippen molar-refractivity contribution in [3.63, 3.8) is 0 Å². The average Bonchev–Trinajstić information content (AvgIpc) is 2.37. The van der Waals surface area contributed by atoms with Crippen LogP contribution in [-0.4, -0.2) is 10.7 Å². The van der Waals surface area contributed by atoms with E-state index in [0.717, 1.165) is 29.7 Å². The number of aromatic hydroxyl groups is 1. The molecule has 1 aliphatic heterocycles. The van der Waals surface area contributed by atoms with Gasteiger partial charge in [0.1, 0.15) is 17.1 Å². The third-order valence-corrected chi connectivity index (χ3v) is 4.85. The van der Waals surface area contributed by atoms with E-state index in [0.29, 0.717) is 11.7 Å². The van der Waals surface area contributed by atoms with Crippen molar-refractivity contribution in [3.8, 4) is 11.5 Å². The zero-order valence-electron chi connectivity index (χ0n) is 13.3. The number of benzene rings is 1. The van der Waals surface area contributed by atoms with Gasteiger partial charge in [-0.15, -0.1) is 0 Å². The first-order valence-electron chi connectivity index (χ1n) is 7.78. The van der Waals surface area contributed by atoms with Gasteiger partial charge >= 0.3 is 0 Å². The maximum atomic E-state index is 10.5. The first kappa shape index (κ1) is 14.2. The van der Waals surface area contributed by atoms with Crippen LogP contribution in [0.3, 0.4) is 0 Å². The topological polar surface area (TPSA) is 29.5 Å². The Hall–Kier alpha value is -1.70. The lowest BCUT2D eigenvalue weighted by molar-refractivity contribution is 0.0108. The van der Waals surface area contributed by atoms with Crippen LogP contribution < -0.4 is 4.74 Å². The molecule has 3 rings (SSSR count). The van der Waals surface area contributed by atoms with Crippen LogP contribution in [0.2, 0.25) is 0 Å². The molecule has 0 spiro atoms. The van der Waals surface area contributed by atoms with Gasteiger partial charge in [0.25, 0.3) is 0 Å². The number of hydrogen-bond acceptors (Lipinski definition) is 2. The average molecular weight is 284 g/mol. The van der Waals surface area contributed by atoms with E-state index in [4.69, 9.17) is 4.74 Å². The Morgan fingerprint density at radius 1 is 1.33 bits per heavy atom. The molecule has 1 aliphatic carbocycles. The molecule has 0 fully saturated rings. The monoisotopic (exact) mass is 284 g/mol. The van der Waals surface area contributed by atoms with Gasteiger partial charge in [0.15, 0.2) is 0 Å². The summed E-state index contributed by atoms with van der Waals surface area (Å²) in [5.74, 6) is 1.88. The molecule has 1 aromatic carbocycles. The molecule has 0 amide bonds. The fourth-order valence-electron chi connectivity index (χ4n) is 3.83. The molecule has 112 valence electrons. The molecule has 0 saturated carbocycles. The van der Waals surface area contributed by atoms with Gasteiger partial charge in [0, 0.05) is 17.4 Å². The van der Waals surface area contributed by atoms with Crippen molar-refractivity contribution in [1.29, 1.82) is 0 Å². The van der Waals surface area contributed by atoms with E-state index >= 15 is 0 Å². The minimum absolute atomic E-state index is 0.199. The zero-order valence-corrected chi connectivity index (χ0v) is 13.3. The molecule has 2 nitrogen and oxygen atoms in total. The summed E-state index contributed by atoms with van der Waals surface area (Å²) in [7, 11) is 0. The lowest BCUT2D eigenvalue weighted by Gasteiger charge is -2.46. The summed E-state index contributed by atoms with van der Waals surface area (Å²) in [4.78, 5) is 0. The molecule has 2 aliphatic rings. The molecule has 2 atom stereocenters. The fraction of sp³-hybridized carbons (Fsp3) is 0.474. The van der Waals surface area contributed by atoms with Gasteiger partial charge in [0.2, 0.25) is 0 Å². The third kappa shape index (κ3) is 2.37. The van der Waals surface area contributed by atoms with Crippen LogP contribution >= 0.6 is 0 Å². The minimum atomic E-state index is -0.199. The highest BCUT2D eigenvalue weighted by Crippen LogP contribution is 2.53. The minimum Gasteiger partial charge on any atom is -0.507 e. The van der Waals surface area contributed by atoms with Crippen molar-refractivity contribution in [2.45, 2.75) is 52.1 Å². The van der Waals surface area contributed by atoms with Crippen LogP contribution in [0.1, 0.15) is 57.6 Å². The zero-order chi connectivity index (χ0) is 15.2. The fourth-order valence-corrected chi connectivity index (χ4v) is 3.83. The Morgan fingerprint density at radius 2 is 2.10 bits per heavy atom. The van der Waals surface area contributed by atoms with Gasteiger partial charge in [-0.25, -0.2) is 0 Å². The molecule has 1 N–H and O–H groups in total. The normalized spacial score (nSPS) is 26.8. The maximum Gasteiger partial charge on any atom is 0.128 e. The second-order valence-electron chi connectivity index (χ2n) is 6.84. The molecule has 2 heteroatoms. The summed E-state index contributed by atoms with van der Waals surface area (Å²) < 4.78 is 6.27. The van der Waals surface area contributed by atoms with Crippen molar-refractivity contribution < 1.29 is 9.84 Å². The summed E-state index contributed by atoms with van der Waals surface area (Å²) in [6, 6.07) is 3.89. The van der Waals surface area contributed by atoms with Gasteiger partial charge < -0.3 is 9.84 Å². The number of phenolic OH excluding ortho intramolecular Hbond substituents is 1. The third-order valence-electron chi connectivity index (χ3n) is 4.85. The van der Waals surface area contributed by atoms with E-state index in [9.17, 15) is 5.11 Å². The maximum absolute atomic E-state index is 10.5. The highest BCUT2D eigenvalue weighted by molar-refractivity contribution is 5.61. The molecule has 1 aromatic rings. The van der Waals surface area contributed by atoms with E-state index in [-0.39, 0.29) is 11.5 Å². The summed E-state index contributed by atoms with van der Waals surface area (Å²) in [6.07, 6.45) is 8.54. The molecular weight excluding hydrogens is 260 g/mol. The predicted octanol–water partition coefficient (Wildman–Crippen LogP) is 5.04. The largest absolute Gasteiger partial charge is 0.507 e. The number of ether oxygens (including phenoxy) is 1. The molecule has 0 aromatic heterocycles. The van der Waals surface area contributed by atoms with Gasteiger partial charge in [-0.2, -0.15) is 0 Å². The van der Waals surface area contributed by atoms with E-state index in [1.54, 1.807) is 0 Å². The molecule has 21 heavy (non-hydrogen) atoms. The number of fused-ring (bicyclic) bond motifs is 3.